The Kier molecular flexibility index (Phi) is 2.84. The molecule has 0 atom stereocenters. The highest BCUT2D eigenvalue weighted by atomic mass is 16.5. The summed E-state index contributed by atoms with van der Waals surface area (Å²) in [5, 5.41) is 4.44. The molecule has 4 nitrogen and oxygen atoms in total. The van der Waals surface area contributed by atoms with E-state index < -0.39 is 0 Å². The third-order valence-electron chi connectivity index (χ3n) is 2.64. The van der Waals surface area contributed by atoms with Gasteiger partial charge in [-0.2, -0.15) is 5.10 Å². The van der Waals surface area contributed by atoms with Crippen LogP contribution in [-0.4, -0.2) is 41.0 Å². The molecule has 0 bridgehead atoms. The van der Waals surface area contributed by atoms with Crippen molar-refractivity contribution in [1.29, 1.82) is 0 Å². The third-order valence-corrected chi connectivity index (χ3v) is 2.64. The standard InChI is InChI=1S/C10H17N3O/c1-9-7-13(11-10(9)2)8-12-3-5-14-6-4-12/h7H,3-6,8H2,1-2H3. The van der Waals surface area contributed by atoms with Gasteiger partial charge in [-0.3, -0.25) is 9.58 Å². The highest BCUT2D eigenvalue weighted by molar-refractivity contribution is 5.12. The van der Waals surface area contributed by atoms with Crippen molar-refractivity contribution >= 4 is 0 Å². The molecule has 4 heteroatoms. The number of rotatable bonds is 2. The van der Waals surface area contributed by atoms with Gasteiger partial charge in [-0.15, -0.1) is 0 Å². The van der Waals surface area contributed by atoms with Gasteiger partial charge in [0.05, 0.1) is 25.6 Å². The predicted molar refractivity (Wildman–Crippen MR) is 54.1 cm³/mol. The second kappa shape index (κ2) is 4.11. The maximum atomic E-state index is 5.30. The van der Waals surface area contributed by atoms with Crippen molar-refractivity contribution < 1.29 is 4.74 Å². The van der Waals surface area contributed by atoms with E-state index >= 15 is 0 Å². The molecule has 1 aromatic rings. The Morgan fingerprint density at radius 1 is 1.36 bits per heavy atom. The molecule has 1 saturated heterocycles. The number of aryl methyl sites for hydroxylation is 2. The van der Waals surface area contributed by atoms with Crippen LogP contribution in [0.1, 0.15) is 11.3 Å². The number of hydrogen-bond acceptors (Lipinski definition) is 3. The molecular weight excluding hydrogens is 178 g/mol. The molecule has 14 heavy (non-hydrogen) atoms. The van der Waals surface area contributed by atoms with Crippen molar-refractivity contribution in [2.45, 2.75) is 20.5 Å². The van der Waals surface area contributed by atoms with Crippen molar-refractivity contribution in [2.75, 3.05) is 26.3 Å². The molecule has 0 radical (unpaired) electrons. The largest absolute Gasteiger partial charge is 0.379 e. The van der Waals surface area contributed by atoms with Crippen molar-refractivity contribution in [1.82, 2.24) is 14.7 Å². The molecule has 78 valence electrons. The van der Waals surface area contributed by atoms with E-state index in [9.17, 15) is 0 Å². The highest BCUT2D eigenvalue weighted by Crippen LogP contribution is 2.05. The fourth-order valence-corrected chi connectivity index (χ4v) is 1.64. The van der Waals surface area contributed by atoms with Crippen molar-refractivity contribution in [3.8, 4) is 0 Å². The topological polar surface area (TPSA) is 30.3 Å². The normalized spacial score (nSPS) is 18.7. The van der Waals surface area contributed by atoms with E-state index in [1.807, 2.05) is 11.6 Å². The van der Waals surface area contributed by atoms with Gasteiger partial charge in [-0.25, -0.2) is 0 Å². The summed E-state index contributed by atoms with van der Waals surface area (Å²) < 4.78 is 7.30. The van der Waals surface area contributed by atoms with E-state index in [4.69, 9.17) is 4.74 Å². The molecule has 1 aromatic heterocycles. The molecule has 1 aliphatic rings. The van der Waals surface area contributed by atoms with Gasteiger partial charge in [0.25, 0.3) is 0 Å². The van der Waals surface area contributed by atoms with Crippen LogP contribution in [0.5, 0.6) is 0 Å². The first kappa shape index (κ1) is 9.68. The molecule has 0 unspecified atom stereocenters. The minimum Gasteiger partial charge on any atom is -0.379 e. The summed E-state index contributed by atoms with van der Waals surface area (Å²) in [5.41, 5.74) is 2.39. The fourth-order valence-electron chi connectivity index (χ4n) is 1.64. The van der Waals surface area contributed by atoms with Crippen LogP contribution < -0.4 is 0 Å². The van der Waals surface area contributed by atoms with Crippen molar-refractivity contribution in [2.24, 2.45) is 0 Å². The van der Waals surface area contributed by atoms with Gasteiger partial charge in [-0.05, 0) is 19.4 Å². The van der Waals surface area contributed by atoms with Crippen LogP contribution in [0.2, 0.25) is 0 Å². The predicted octanol–water partition coefficient (Wildman–Crippen LogP) is 0.790. The molecular formula is C10H17N3O. The molecule has 2 heterocycles. The van der Waals surface area contributed by atoms with Gasteiger partial charge in [0, 0.05) is 19.3 Å². The van der Waals surface area contributed by atoms with Gasteiger partial charge < -0.3 is 4.74 Å². The molecule has 0 saturated carbocycles. The summed E-state index contributed by atoms with van der Waals surface area (Å²) in [6.45, 7) is 8.75. The SMILES string of the molecule is Cc1cn(CN2CCOCC2)nc1C. The maximum Gasteiger partial charge on any atom is 0.0930 e. The summed E-state index contributed by atoms with van der Waals surface area (Å²) in [6.07, 6.45) is 2.10. The molecule has 2 rings (SSSR count). The van der Waals surface area contributed by atoms with E-state index in [1.54, 1.807) is 0 Å². The lowest BCUT2D eigenvalue weighted by molar-refractivity contribution is 0.0213. The van der Waals surface area contributed by atoms with Gasteiger partial charge in [0.1, 0.15) is 0 Å². The maximum absolute atomic E-state index is 5.30. The zero-order valence-electron chi connectivity index (χ0n) is 8.86. The van der Waals surface area contributed by atoms with Crippen molar-refractivity contribution in [3.05, 3.63) is 17.5 Å². The Bertz CT molecular complexity index is 283. The van der Waals surface area contributed by atoms with Gasteiger partial charge in [-0.1, -0.05) is 0 Å². The smallest absolute Gasteiger partial charge is 0.0930 e. The minimum atomic E-state index is 0.846. The van der Waals surface area contributed by atoms with Crippen molar-refractivity contribution in [3.63, 3.8) is 0 Å². The van der Waals surface area contributed by atoms with E-state index in [1.165, 1.54) is 5.56 Å². The first-order valence-electron chi connectivity index (χ1n) is 5.06. The number of ether oxygens (including phenoxy) is 1. The van der Waals surface area contributed by atoms with Crippen LogP contribution in [0, 0.1) is 13.8 Å². The Morgan fingerprint density at radius 2 is 2.07 bits per heavy atom. The van der Waals surface area contributed by atoms with Crippen LogP contribution >= 0.6 is 0 Å². The van der Waals surface area contributed by atoms with E-state index in [0.29, 0.717) is 0 Å². The average molecular weight is 195 g/mol. The zero-order chi connectivity index (χ0) is 9.97. The summed E-state index contributed by atoms with van der Waals surface area (Å²) in [5.74, 6) is 0. The zero-order valence-corrected chi connectivity index (χ0v) is 8.86. The molecule has 1 fully saturated rings. The Hall–Kier alpha value is -0.870. The molecule has 0 spiro atoms. The van der Waals surface area contributed by atoms with E-state index in [0.717, 1.165) is 38.7 Å². The quantitative estimate of drug-likeness (QED) is 0.699. The first-order chi connectivity index (χ1) is 6.75. The van der Waals surface area contributed by atoms with Crippen LogP contribution in [0.25, 0.3) is 0 Å². The van der Waals surface area contributed by atoms with Gasteiger partial charge in [0.15, 0.2) is 0 Å². The lowest BCUT2D eigenvalue weighted by Gasteiger charge is -2.26. The van der Waals surface area contributed by atoms with Crippen LogP contribution in [0.3, 0.4) is 0 Å². The minimum absolute atomic E-state index is 0.846. The summed E-state index contributed by atoms with van der Waals surface area (Å²) in [4.78, 5) is 2.36. The Morgan fingerprint density at radius 3 is 2.64 bits per heavy atom. The van der Waals surface area contributed by atoms with Gasteiger partial charge in [0.2, 0.25) is 0 Å². The Labute approximate surface area is 84.5 Å². The monoisotopic (exact) mass is 195 g/mol. The molecule has 0 aromatic carbocycles. The number of aromatic nitrogens is 2. The highest BCUT2D eigenvalue weighted by Gasteiger charge is 2.11. The molecule has 0 aliphatic carbocycles. The fraction of sp³-hybridized carbons (Fsp3) is 0.700. The van der Waals surface area contributed by atoms with Crippen LogP contribution in [0.4, 0.5) is 0 Å². The Balaban J connectivity index is 1.95. The third kappa shape index (κ3) is 2.13. The molecule has 0 amide bonds. The lowest BCUT2D eigenvalue weighted by Crippen LogP contribution is -2.37. The number of hydrogen-bond donors (Lipinski definition) is 0. The van der Waals surface area contributed by atoms with Crippen LogP contribution in [0.15, 0.2) is 6.20 Å². The van der Waals surface area contributed by atoms with E-state index in [2.05, 4.69) is 23.1 Å². The second-order valence-corrected chi connectivity index (χ2v) is 3.81. The first-order valence-corrected chi connectivity index (χ1v) is 5.06. The van der Waals surface area contributed by atoms with Crippen LogP contribution in [-0.2, 0) is 11.4 Å². The second-order valence-electron chi connectivity index (χ2n) is 3.81. The molecule has 1 aliphatic heterocycles. The van der Waals surface area contributed by atoms with E-state index in [-0.39, 0.29) is 0 Å². The number of nitrogens with zero attached hydrogens (tertiary/aromatic N) is 3. The average Bonchev–Trinajstić information content (AvgIpc) is 2.47. The summed E-state index contributed by atoms with van der Waals surface area (Å²) in [7, 11) is 0. The molecule has 0 N–H and O–H groups in total. The number of morpholine rings is 1. The lowest BCUT2D eigenvalue weighted by atomic mass is 10.3. The summed E-state index contributed by atoms with van der Waals surface area (Å²) in [6, 6.07) is 0. The van der Waals surface area contributed by atoms with Gasteiger partial charge >= 0.3 is 0 Å². The summed E-state index contributed by atoms with van der Waals surface area (Å²) >= 11 is 0.